The average Bonchev–Trinajstić information content (AvgIpc) is 2.59. The van der Waals surface area contributed by atoms with Crippen LogP contribution in [0, 0.1) is 0 Å². The Hall–Kier alpha value is -1.31. The summed E-state index contributed by atoms with van der Waals surface area (Å²) < 4.78 is 19.4. The Balaban J connectivity index is 2.05. The molecule has 0 saturated heterocycles. The molecule has 0 aliphatic carbocycles. The first-order valence-electron chi connectivity index (χ1n) is 7.68. The van der Waals surface area contributed by atoms with Crippen molar-refractivity contribution in [1.82, 2.24) is 0 Å². The normalized spacial score (nSPS) is 11.5. The maximum Gasteiger partial charge on any atom is 0.333 e. The molecule has 0 radical (unpaired) electrons. The van der Waals surface area contributed by atoms with Gasteiger partial charge < -0.3 is 14.2 Å². The Morgan fingerprint density at radius 3 is 2.19 bits per heavy atom. The van der Waals surface area contributed by atoms with E-state index in [-0.39, 0.29) is 13.2 Å². The maximum absolute atomic E-state index is 11.9. The van der Waals surface area contributed by atoms with Crippen LogP contribution in [0.1, 0.15) is 6.92 Å². The summed E-state index contributed by atoms with van der Waals surface area (Å²) in [7, 11) is 0. The zero-order chi connectivity index (χ0) is 19.1. The lowest BCUT2D eigenvalue weighted by molar-refractivity contribution is -0.147. The van der Waals surface area contributed by atoms with Crippen LogP contribution in [0.5, 0.6) is 11.5 Å². The number of hydrogen-bond acceptors (Lipinski definition) is 4. The van der Waals surface area contributed by atoms with Crippen molar-refractivity contribution in [3.63, 3.8) is 0 Å². The number of ether oxygens (including phenoxy) is 3. The Bertz CT molecular complexity index is 755. The lowest BCUT2D eigenvalue weighted by Crippen LogP contribution is -2.31. The SMILES string of the molecule is C=C(C)C(=O)OC(COc1ccccc1)COc1c(Br)cc(Br)cc1Br. The minimum atomic E-state index is -0.596. The van der Waals surface area contributed by atoms with Gasteiger partial charge in [-0.05, 0) is 63.0 Å². The Morgan fingerprint density at radius 1 is 1.04 bits per heavy atom. The number of rotatable bonds is 8. The van der Waals surface area contributed by atoms with E-state index in [4.69, 9.17) is 14.2 Å². The molecule has 2 rings (SSSR count). The third kappa shape index (κ3) is 6.45. The van der Waals surface area contributed by atoms with Gasteiger partial charge in [0.15, 0.2) is 6.10 Å². The fourth-order valence-corrected chi connectivity index (χ4v) is 4.40. The zero-order valence-electron chi connectivity index (χ0n) is 14.0. The van der Waals surface area contributed by atoms with Gasteiger partial charge in [-0.15, -0.1) is 0 Å². The molecule has 138 valence electrons. The van der Waals surface area contributed by atoms with Crippen molar-refractivity contribution in [1.29, 1.82) is 0 Å². The molecule has 0 amide bonds. The minimum Gasteiger partial charge on any atom is -0.490 e. The minimum absolute atomic E-state index is 0.130. The van der Waals surface area contributed by atoms with E-state index >= 15 is 0 Å². The standard InChI is InChI=1S/C19H17Br3O4/c1-12(2)19(23)26-15(10-24-14-6-4-3-5-7-14)11-25-18-16(21)8-13(20)9-17(18)22/h3-9,15H,1,10-11H2,2H3. The number of halogens is 3. The summed E-state index contributed by atoms with van der Waals surface area (Å²) >= 11 is 10.3. The van der Waals surface area contributed by atoms with E-state index in [0.717, 1.165) is 13.4 Å². The van der Waals surface area contributed by atoms with Crippen molar-refractivity contribution >= 4 is 53.8 Å². The molecule has 2 aromatic rings. The van der Waals surface area contributed by atoms with Crippen molar-refractivity contribution < 1.29 is 19.0 Å². The molecule has 7 heteroatoms. The highest BCUT2D eigenvalue weighted by molar-refractivity contribution is 9.11. The Kier molecular flexibility index (Phi) is 8.18. The van der Waals surface area contributed by atoms with Crippen LogP contribution in [-0.4, -0.2) is 25.3 Å². The molecule has 0 bridgehead atoms. The highest BCUT2D eigenvalue weighted by atomic mass is 79.9. The van der Waals surface area contributed by atoms with E-state index < -0.39 is 12.1 Å². The smallest absolute Gasteiger partial charge is 0.333 e. The maximum atomic E-state index is 11.9. The van der Waals surface area contributed by atoms with Gasteiger partial charge >= 0.3 is 5.97 Å². The van der Waals surface area contributed by atoms with Crippen molar-refractivity contribution in [3.8, 4) is 11.5 Å². The number of carbonyl (C=O) groups excluding carboxylic acids is 1. The molecule has 0 saturated carbocycles. The van der Waals surface area contributed by atoms with Gasteiger partial charge in [0.2, 0.25) is 0 Å². The van der Waals surface area contributed by atoms with Crippen LogP contribution >= 0.6 is 47.8 Å². The second-order valence-electron chi connectivity index (χ2n) is 5.44. The third-order valence-electron chi connectivity index (χ3n) is 3.18. The Morgan fingerprint density at radius 2 is 1.62 bits per heavy atom. The molecule has 1 atom stereocenters. The van der Waals surface area contributed by atoms with Gasteiger partial charge in [-0.25, -0.2) is 4.79 Å². The van der Waals surface area contributed by atoms with E-state index in [1.54, 1.807) is 6.92 Å². The van der Waals surface area contributed by atoms with Gasteiger partial charge in [0.1, 0.15) is 24.7 Å². The number of para-hydroxylation sites is 1. The highest BCUT2D eigenvalue weighted by Gasteiger charge is 2.19. The quantitative estimate of drug-likeness (QED) is 0.303. The predicted octanol–water partition coefficient (Wildman–Crippen LogP) is 5.92. The number of esters is 1. The molecule has 0 aliphatic rings. The van der Waals surface area contributed by atoms with Crippen molar-refractivity contribution in [2.75, 3.05) is 13.2 Å². The fourth-order valence-electron chi connectivity index (χ4n) is 1.92. The van der Waals surface area contributed by atoms with Gasteiger partial charge in [0.05, 0.1) is 8.95 Å². The molecular formula is C19H17Br3O4. The lowest BCUT2D eigenvalue weighted by Gasteiger charge is -2.20. The van der Waals surface area contributed by atoms with Crippen molar-refractivity contribution in [2.45, 2.75) is 13.0 Å². The second kappa shape index (κ2) is 10.1. The molecule has 0 heterocycles. The first-order chi connectivity index (χ1) is 12.4. The molecule has 1 unspecified atom stereocenters. The van der Waals surface area contributed by atoms with Crippen LogP contribution in [0.4, 0.5) is 0 Å². The molecule has 0 spiro atoms. The summed E-state index contributed by atoms with van der Waals surface area (Å²) in [6, 6.07) is 13.1. The molecule has 0 aliphatic heterocycles. The topological polar surface area (TPSA) is 44.8 Å². The Labute approximate surface area is 177 Å². The van der Waals surface area contributed by atoms with E-state index in [1.807, 2.05) is 42.5 Å². The van der Waals surface area contributed by atoms with Crippen LogP contribution < -0.4 is 9.47 Å². The first kappa shape index (κ1) is 21.0. The zero-order valence-corrected chi connectivity index (χ0v) is 18.8. The molecule has 0 fully saturated rings. The fraction of sp³-hybridized carbons (Fsp3) is 0.211. The summed E-state index contributed by atoms with van der Waals surface area (Å²) in [5.41, 5.74) is 0.320. The van der Waals surface area contributed by atoms with E-state index in [9.17, 15) is 4.79 Å². The third-order valence-corrected chi connectivity index (χ3v) is 4.81. The second-order valence-corrected chi connectivity index (χ2v) is 8.07. The summed E-state index contributed by atoms with van der Waals surface area (Å²) in [6.45, 7) is 5.49. The van der Waals surface area contributed by atoms with Crippen LogP contribution in [0.25, 0.3) is 0 Å². The average molecular weight is 549 g/mol. The monoisotopic (exact) mass is 546 g/mol. The number of carbonyl (C=O) groups is 1. The van der Waals surface area contributed by atoms with Crippen LogP contribution in [0.3, 0.4) is 0 Å². The van der Waals surface area contributed by atoms with Gasteiger partial charge in [-0.2, -0.15) is 0 Å². The van der Waals surface area contributed by atoms with Crippen molar-refractivity contribution in [3.05, 3.63) is 68.0 Å². The number of hydrogen-bond donors (Lipinski definition) is 0. The molecule has 4 nitrogen and oxygen atoms in total. The molecule has 2 aromatic carbocycles. The van der Waals surface area contributed by atoms with Gasteiger partial charge in [0, 0.05) is 10.0 Å². The van der Waals surface area contributed by atoms with Gasteiger partial charge in [-0.1, -0.05) is 40.7 Å². The predicted molar refractivity (Wildman–Crippen MR) is 112 cm³/mol. The molecule has 26 heavy (non-hydrogen) atoms. The van der Waals surface area contributed by atoms with Gasteiger partial charge in [0.25, 0.3) is 0 Å². The molecule has 0 N–H and O–H groups in total. The highest BCUT2D eigenvalue weighted by Crippen LogP contribution is 2.36. The largest absolute Gasteiger partial charge is 0.490 e. The number of benzene rings is 2. The van der Waals surface area contributed by atoms with E-state index in [0.29, 0.717) is 17.1 Å². The van der Waals surface area contributed by atoms with E-state index in [2.05, 4.69) is 54.4 Å². The van der Waals surface area contributed by atoms with Crippen LogP contribution in [0.2, 0.25) is 0 Å². The van der Waals surface area contributed by atoms with Gasteiger partial charge in [-0.3, -0.25) is 0 Å². The first-order valence-corrected chi connectivity index (χ1v) is 10.1. The summed E-state index contributed by atoms with van der Waals surface area (Å²) in [4.78, 5) is 11.9. The van der Waals surface area contributed by atoms with Crippen LogP contribution in [-0.2, 0) is 9.53 Å². The summed E-state index contributed by atoms with van der Waals surface area (Å²) in [5.74, 6) is 0.823. The van der Waals surface area contributed by atoms with Crippen molar-refractivity contribution in [2.24, 2.45) is 0 Å². The van der Waals surface area contributed by atoms with E-state index in [1.165, 1.54) is 0 Å². The lowest BCUT2D eigenvalue weighted by atomic mass is 10.3. The summed E-state index contributed by atoms with van der Waals surface area (Å²) in [6.07, 6.45) is -0.596. The van der Waals surface area contributed by atoms with Crippen LogP contribution in [0.15, 0.2) is 68.0 Å². The molecule has 0 aromatic heterocycles. The molecular weight excluding hydrogens is 532 g/mol. The summed E-state index contributed by atoms with van der Waals surface area (Å²) in [5, 5.41) is 0.